The molecule has 1 aromatic heterocycles. The SMILES string of the molecule is Cl.Cl.O=C(CCC1CCNC1)N1CCC(Nc2ccc([N+](=O)[O-])cn2)C1. The number of nitro groups is 1. The first-order valence-electron chi connectivity index (χ1n) is 8.47. The first-order valence-corrected chi connectivity index (χ1v) is 8.47. The molecule has 10 heteroatoms. The molecule has 3 heterocycles. The van der Waals surface area contributed by atoms with Gasteiger partial charge in [-0.3, -0.25) is 14.9 Å². The molecule has 0 bridgehead atoms. The van der Waals surface area contributed by atoms with Crippen LogP contribution in [0.4, 0.5) is 11.5 Å². The van der Waals surface area contributed by atoms with Gasteiger partial charge in [0.05, 0.1) is 4.92 Å². The number of nitrogens with zero attached hydrogens (tertiary/aromatic N) is 3. The van der Waals surface area contributed by atoms with Gasteiger partial charge in [-0.1, -0.05) is 0 Å². The van der Waals surface area contributed by atoms with E-state index in [9.17, 15) is 14.9 Å². The number of nitrogens with one attached hydrogen (secondary N) is 2. The minimum atomic E-state index is -0.466. The van der Waals surface area contributed by atoms with Gasteiger partial charge in [-0.2, -0.15) is 0 Å². The van der Waals surface area contributed by atoms with Crippen LogP contribution >= 0.6 is 24.8 Å². The second-order valence-electron chi connectivity index (χ2n) is 6.53. The minimum Gasteiger partial charge on any atom is -0.365 e. The Morgan fingerprint density at radius 3 is 2.81 bits per heavy atom. The van der Waals surface area contributed by atoms with E-state index in [2.05, 4.69) is 15.6 Å². The Morgan fingerprint density at radius 1 is 1.38 bits per heavy atom. The van der Waals surface area contributed by atoms with Crippen LogP contribution in [0.15, 0.2) is 18.3 Å². The summed E-state index contributed by atoms with van der Waals surface area (Å²) in [4.78, 5) is 28.4. The van der Waals surface area contributed by atoms with Crippen LogP contribution in [0.1, 0.15) is 25.7 Å². The summed E-state index contributed by atoms with van der Waals surface area (Å²) in [5.41, 5.74) is -0.0230. The van der Waals surface area contributed by atoms with Crippen LogP contribution in [0.2, 0.25) is 0 Å². The Morgan fingerprint density at radius 2 is 2.19 bits per heavy atom. The van der Waals surface area contributed by atoms with E-state index in [1.165, 1.54) is 18.7 Å². The van der Waals surface area contributed by atoms with Gasteiger partial charge in [0.15, 0.2) is 0 Å². The fourth-order valence-corrected chi connectivity index (χ4v) is 3.34. The number of rotatable bonds is 6. The number of amides is 1. The summed E-state index contributed by atoms with van der Waals surface area (Å²) < 4.78 is 0. The molecule has 26 heavy (non-hydrogen) atoms. The lowest BCUT2D eigenvalue weighted by atomic mass is 10.0. The van der Waals surface area contributed by atoms with E-state index in [0.717, 1.165) is 32.5 Å². The van der Waals surface area contributed by atoms with Crippen molar-refractivity contribution in [2.45, 2.75) is 31.7 Å². The molecule has 0 saturated carbocycles. The number of carbonyl (C=O) groups excluding carboxylic acids is 1. The molecule has 2 aliphatic heterocycles. The Hall–Kier alpha value is -1.64. The summed E-state index contributed by atoms with van der Waals surface area (Å²) in [5, 5.41) is 17.2. The average molecular weight is 406 g/mol. The first-order chi connectivity index (χ1) is 11.6. The number of pyridine rings is 1. The van der Waals surface area contributed by atoms with E-state index in [1.807, 2.05) is 4.90 Å². The highest BCUT2D eigenvalue weighted by atomic mass is 35.5. The van der Waals surface area contributed by atoms with E-state index in [1.54, 1.807) is 6.07 Å². The molecule has 2 atom stereocenters. The Labute approximate surface area is 165 Å². The molecule has 2 aliphatic rings. The number of hydrogen-bond donors (Lipinski definition) is 2. The number of halogens is 2. The monoisotopic (exact) mass is 405 g/mol. The minimum absolute atomic E-state index is 0. The normalized spacial score (nSPS) is 21.6. The van der Waals surface area contributed by atoms with Crippen LogP contribution in [-0.4, -0.2) is 52.9 Å². The summed E-state index contributed by atoms with van der Waals surface area (Å²) in [6.45, 7) is 3.52. The number of likely N-dealkylation sites (tertiary alicyclic amines) is 1. The van der Waals surface area contributed by atoms with Crippen molar-refractivity contribution < 1.29 is 9.72 Å². The van der Waals surface area contributed by atoms with E-state index >= 15 is 0 Å². The fraction of sp³-hybridized carbons (Fsp3) is 0.625. The molecule has 0 radical (unpaired) electrons. The zero-order valence-corrected chi connectivity index (χ0v) is 16.1. The summed E-state index contributed by atoms with van der Waals surface area (Å²) in [7, 11) is 0. The van der Waals surface area contributed by atoms with Crippen molar-refractivity contribution in [3.05, 3.63) is 28.4 Å². The third-order valence-corrected chi connectivity index (χ3v) is 4.78. The fourth-order valence-electron chi connectivity index (χ4n) is 3.34. The maximum absolute atomic E-state index is 12.3. The maximum Gasteiger partial charge on any atom is 0.287 e. The largest absolute Gasteiger partial charge is 0.365 e. The molecular weight excluding hydrogens is 381 g/mol. The first kappa shape index (κ1) is 22.4. The molecule has 2 fully saturated rings. The number of hydrogen-bond acceptors (Lipinski definition) is 6. The van der Waals surface area contributed by atoms with Crippen LogP contribution in [0.5, 0.6) is 0 Å². The van der Waals surface area contributed by atoms with Gasteiger partial charge in [-0.25, -0.2) is 4.98 Å². The van der Waals surface area contributed by atoms with Gasteiger partial charge < -0.3 is 15.5 Å². The van der Waals surface area contributed by atoms with E-state index in [0.29, 0.717) is 24.7 Å². The van der Waals surface area contributed by atoms with Gasteiger partial charge in [0.1, 0.15) is 12.0 Å². The maximum atomic E-state index is 12.3. The second-order valence-corrected chi connectivity index (χ2v) is 6.53. The molecule has 146 valence electrons. The summed E-state index contributed by atoms with van der Waals surface area (Å²) in [6.07, 6.45) is 4.87. The predicted octanol–water partition coefficient (Wildman–Crippen LogP) is 2.24. The predicted molar refractivity (Wildman–Crippen MR) is 104 cm³/mol. The topological polar surface area (TPSA) is 100 Å². The van der Waals surface area contributed by atoms with Gasteiger partial charge in [-0.15, -0.1) is 24.8 Å². The van der Waals surface area contributed by atoms with Crippen molar-refractivity contribution in [3.63, 3.8) is 0 Å². The van der Waals surface area contributed by atoms with Crippen molar-refractivity contribution >= 4 is 42.2 Å². The second kappa shape index (κ2) is 10.5. The molecule has 1 aromatic rings. The summed E-state index contributed by atoms with van der Waals surface area (Å²) in [5.74, 6) is 1.47. The Kier molecular flexibility index (Phi) is 9.04. The van der Waals surface area contributed by atoms with Crippen LogP contribution in [0.25, 0.3) is 0 Å². The van der Waals surface area contributed by atoms with Crippen molar-refractivity contribution in [3.8, 4) is 0 Å². The zero-order valence-electron chi connectivity index (χ0n) is 14.4. The molecule has 1 amide bonds. The Bertz CT molecular complexity index is 596. The number of aromatic nitrogens is 1. The van der Waals surface area contributed by atoms with Gasteiger partial charge in [-0.05, 0) is 44.3 Å². The Balaban J connectivity index is 0.00000169. The third-order valence-electron chi connectivity index (χ3n) is 4.78. The van der Waals surface area contributed by atoms with Crippen molar-refractivity contribution in [1.29, 1.82) is 0 Å². The van der Waals surface area contributed by atoms with Crippen LogP contribution in [0, 0.1) is 16.0 Å². The summed E-state index contributed by atoms with van der Waals surface area (Å²) in [6, 6.07) is 3.19. The molecule has 2 saturated heterocycles. The van der Waals surface area contributed by atoms with Gasteiger partial charge in [0.25, 0.3) is 5.69 Å². The highest BCUT2D eigenvalue weighted by Gasteiger charge is 2.27. The van der Waals surface area contributed by atoms with Crippen molar-refractivity contribution in [2.24, 2.45) is 5.92 Å². The van der Waals surface area contributed by atoms with E-state index in [-0.39, 0.29) is 42.5 Å². The van der Waals surface area contributed by atoms with E-state index in [4.69, 9.17) is 0 Å². The molecule has 2 unspecified atom stereocenters. The highest BCUT2D eigenvalue weighted by Crippen LogP contribution is 2.19. The summed E-state index contributed by atoms with van der Waals surface area (Å²) >= 11 is 0. The van der Waals surface area contributed by atoms with E-state index < -0.39 is 4.92 Å². The smallest absolute Gasteiger partial charge is 0.287 e. The van der Waals surface area contributed by atoms with Crippen molar-refractivity contribution in [1.82, 2.24) is 15.2 Å². The average Bonchev–Trinajstić information content (AvgIpc) is 3.25. The van der Waals surface area contributed by atoms with Crippen molar-refractivity contribution in [2.75, 3.05) is 31.5 Å². The molecular formula is C16H25Cl2N5O3. The quantitative estimate of drug-likeness (QED) is 0.555. The van der Waals surface area contributed by atoms with Gasteiger partial charge in [0, 0.05) is 31.6 Å². The molecule has 0 spiro atoms. The lowest BCUT2D eigenvalue weighted by molar-refractivity contribution is -0.385. The molecule has 0 aliphatic carbocycles. The third kappa shape index (κ3) is 5.96. The molecule has 8 nitrogen and oxygen atoms in total. The number of carbonyl (C=O) groups is 1. The lowest BCUT2D eigenvalue weighted by Gasteiger charge is -2.18. The van der Waals surface area contributed by atoms with Crippen LogP contribution < -0.4 is 10.6 Å². The van der Waals surface area contributed by atoms with Crippen LogP contribution in [0.3, 0.4) is 0 Å². The lowest BCUT2D eigenvalue weighted by Crippen LogP contribution is -2.31. The van der Waals surface area contributed by atoms with Gasteiger partial charge >= 0.3 is 0 Å². The highest BCUT2D eigenvalue weighted by molar-refractivity contribution is 5.85. The standard InChI is InChI=1S/C16H23N5O3.2ClH/c22-16(4-1-12-5-7-17-9-12)20-8-6-13(11-20)19-15-3-2-14(10-18-15)21(23)24;;/h2-3,10,12-13,17H,1,4-9,11H2,(H,18,19);2*1H. The van der Waals surface area contributed by atoms with Crippen LogP contribution in [-0.2, 0) is 4.79 Å². The number of anilines is 1. The molecule has 2 N–H and O–H groups in total. The van der Waals surface area contributed by atoms with Gasteiger partial charge in [0.2, 0.25) is 5.91 Å². The molecule has 0 aromatic carbocycles. The molecule has 3 rings (SSSR count). The zero-order chi connectivity index (χ0) is 16.9.